The number of aryl methyl sites for hydroxylation is 2. The van der Waals surface area contributed by atoms with E-state index in [9.17, 15) is 0 Å². The van der Waals surface area contributed by atoms with Crippen molar-refractivity contribution in [2.45, 2.75) is 46.9 Å². The van der Waals surface area contributed by atoms with Gasteiger partial charge >= 0.3 is 0 Å². The highest BCUT2D eigenvalue weighted by molar-refractivity contribution is 7.19. The highest BCUT2D eigenvalue weighted by Crippen LogP contribution is 2.36. The normalized spacial score (nSPS) is 11.7. The van der Waals surface area contributed by atoms with Crippen molar-refractivity contribution in [3.05, 3.63) is 33.7 Å². The van der Waals surface area contributed by atoms with Crippen molar-refractivity contribution in [3.63, 3.8) is 0 Å². The Morgan fingerprint density at radius 3 is 2.53 bits per heavy atom. The molecule has 104 valence electrons. The van der Waals surface area contributed by atoms with Crippen LogP contribution in [0.3, 0.4) is 0 Å². The van der Waals surface area contributed by atoms with Crippen LogP contribution in [0.25, 0.3) is 10.1 Å². The van der Waals surface area contributed by atoms with E-state index in [2.05, 4.69) is 45.1 Å². The fourth-order valence-electron chi connectivity index (χ4n) is 2.35. The molecule has 0 aliphatic heterocycles. The van der Waals surface area contributed by atoms with E-state index in [4.69, 9.17) is 4.74 Å². The average molecular weight is 277 g/mol. The van der Waals surface area contributed by atoms with Crippen LogP contribution in [0.1, 0.15) is 35.4 Å². The van der Waals surface area contributed by atoms with Crippen LogP contribution in [-0.4, -0.2) is 13.2 Å². The zero-order valence-corrected chi connectivity index (χ0v) is 13.3. The number of thiophene rings is 1. The lowest BCUT2D eigenvalue weighted by Crippen LogP contribution is -2.21. The van der Waals surface area contributed by atoms with E-state index in [0.717, 1.165) is 6.54 Å². The molecule has 2 nitrogen and oxygen atoms in total. The summed E-state index contributed by atoms with van der Waals surface area (Å²) in [5.41, 5.74) is 4.07. The second-order valence-corrected chi connectivity index (χ2v) is 6.48. The second kappa shape index (κ2) is 6.04. The lowest BCUT2D eigenvalue weighted by molar-refractivity contribution is 0.185. The maximum Gasteiger partial charge on any atom is 0.0730 e. The van der Waals surface area contributed by atoms with E-state index >= 15 is 0 Å². The third kappa shape index (κ3) is 2.99. The Balaban J connectivity index is 2.53. The fourth-order valence-corrected chi connectivity index (χ4v) is 3.65. The van der Waals surface area contributed by atoms with E-state index < -0.39 is 0 Å². The summed E-state index contributed by atoms with van der Waals surface area (Å²) in [5, 5.41) is 4.91. The minimum absolute atomic E-state index is 0.503. The summed E-state index contributed by atoms with van der Waals surface area (Å²) in [7, 11) is 1.77. The number of ether oxygens (including phenoxy) is 1. The van der Waals surface area contributed by atoms with Gasteiger partial charge in [-0.2, -0.15) is 0 Å². The molecule has 0 unspecified atom stereocenters. The molecule has 1 heterocycles. The summed E-state index contributed by atoms with van der Waals surface area (Å²) in [6.45, 7) is 10.4. The van der Waals surface area contributed by atoms with Crippen molar-refractivity contribution < 1.29 is 4.74 Å². The predicted octanol–water partition coefficient (Wildman–Crippen LogP) is 4.16. The van der Waals surface area contributed by atoms with Gasteiger partial charge in [0.25, 0.3) is 0 Å². The summed E-state index contributed by atoms with van der Waals surface area (Å²) < 4.78 is 6.83. The molecular formula is C16H23NOS. The van der Waals surface area contributed by atoms with Crippen LogP contribution in [0, 0.1) is 13.8 Å². The molecular weight excluding hydrogens is 254 g/mol. The van der Waals surface area contributed by atoms with Gasteiger partial charge in [0.15, 0.2) is 0 Å². The van der Waals surface area contributed by atoms with E-state index in [1.165, 1.54) is 31.7 Å². The van der Waals surface area contributed by atoms with Crippen molar-refractivity contribution in [2.75, 3.05) is 7.11 Å². The van der Waals surface area contributed by atoms with Crippen molar-refractivity contribution in [2.24, 2.45) is 0 Å². The molecule has 0 amide bonds. The molecule has 0 aliphatic rings. The van der Waals surface area contributed by atoms with Crippen LogP contribution in [0.2, 0.25) is 0 Å². The lowest BCUT2D eigenvalue weighted by atomic mass is 10.0. The van der Waals surface area contributed by atoms with Crippen molar-refractivity contribution in [1.82, 2.24) is 5.32 Å². The zero-order chi connectivity index (χ0) is 14.0. The molecule has 0 fully saturated rings. The van der Waals surface area contributed by atoms with Crippen LogP contribution in [0.15, 0.2) is 12.1 Å². The first-order chi connectivity index (χ1) is 9.04. The van der Waals surface area contributed by atoms with Gasteiger partial charge in [0.2, 0.25) is 0 Å². The smallest absolute Gasteiger partial charge is 0.0730 e. The summed E-state index contributed by atoms with van der Waals surface area (Å²) in [6.07, 6.45) is 0. The summed E-state index contributed by atoms with van der Waals surface area (Å²) >= 11 is 1.90. The van der Waals surface area contributed by atoms with Crippen LogP contribution in [-0.2, 0) is 17.9 Å². The molecule has 19 heavy (non-hydrogen) atoms. The van der Waals surface area contributed by atoms with Gasteiger partial charge in [0.05, 0.1) is 6.61 Å². The monoisotopic (exact) mass is 277 g/mol. The molecule has 2 aromatic rings. The number of rotatable bonds is 5. The summed E-state index contributed by atoms with van der Waals surface area (Å²) in [4.78, 5) is 1.41. The number of fused-ring (bicyclic) bond motifs is 1. The highest BCUT2D eigenvalue weighted by Gasteiger charge is 2.15. The molecule has 0 atom stereocenters. The predicted molar refractivity (Wildman–Crippen MR) is 84.0 cm³/mol. The zero-order valence-electron chi connectivity index (χ0n) is 12.5. The highest BCUT2D eigenvalue weighted by atomic mass is 32.1. The van der Waals surface area contributed by atoms with E-state index in [0.29, 0.717) is 12.6 Å². The second-order valence-electron chi connectivity index (χ2n) is 5.38. The molecule has 0 aliphatic carbocycles. The fraction of sp³-hybridized carbons (Fsp3) is 0.500. The van der Waals surface area contributed by atoms with Gasteiger partial charge in [-0.1, -0.05) is 26.0 Å². The maximum atomic E-state index is 5.42. The lowest BCUT2D eigenvalue weighted by Gasteiger charge is -2.09. The largest absolute Gasteiger partial charge is 0.380 e. The molecule has 2 rings (SSSR count). The topological polar surface area (TPSA) is 21.3 Å². The molecule has 0 spiro atoms. The Bertz CT molecular complexity index is 572. The third-order valence-electron chi connectivity index (χ3n) is 3.39. The Hall–Kier alpha value is -0.900. The molecule has 0 radical (unpaired) electrons. The van der Waals surface area contributed by atoms with Crippen molar-refractivity contribution >= 4 is 21.4 Å². The Morgan fingerprint density at radius 1 is 1.21 bits per heavy atom. The van der Waals surface area contributed by atoms with Crippen molar-refractivity contribution in [1.29, 1.82) is 0 Å². The van der Waals surface area contributed by atoms with Gasteiger partial charge < -0.3 is 10.1 Å². The maximum absolute atomic E-state index is 5.42. The van der Waals surface area contributed by atoms with E-state index in [1.807, 2.05) is 11.3 Å². The van der Waals surface area contributed by atoms with Gasteiger partial charge in [-0.25, -0.2) is 0 Å². The van der Waals surface area contributed by atoms with Gasteiger partial charge in [0.1, 0.15) is 0 Å². The number of methoxy groups -OCH3 is 1. The van der Waals surface area contributed by atoms with Crippen LogP contribution in [0.4, 0.5) is 0 Å². The molecule has 1 aromatic carbocycles. The number of hydrogen-bond donors (Lipinski definition) is 1. The molecule has 3 heteroatoms. The number of nitrogens with one attached hydrogen (secondary N) is 1. The number of benzene rings is 1. The molecule has 0 bridgehead atoms. The Morgan fingerprint density at radius 2 is 1.89 bits per heavy atom. The first-order valence-electron chi connectivity index (χ1n) is 6.77. The molecule has 1 N–H and O–H groups in total. The minimum Gasteiger partial charge on any atom is -0.380 e. The number of hydrogen-bond acceptors (Lipinski definition) is 3. The first-order valence-corrected chi connectivity index (χ1v) is 7.59. The molecule has 0 saturated carbocycles. The summed E-state index contributed by atoms with van der Waals surface area (Å²) in [5.74, 6) is 0. The van der Waals surface area contributed by atoms with Crippen LogP contribution < -0.4 is 5.32 Å². The van der Waals surface area contributed by atoms with Crippen LogP contribution >= 0.6 is 11.3 Å². The Kier molecular flexibility index (Phi) is 4.61. The van der Waals surface area contributed by atoms with Crippen LogP contribution in [0.5, 0.6) is 0 Å². The SMILES string of the molecule is COCc1c(CNC(C)C)sc2c(C)ccc(C)c12. The minimum atomic E-state index is 0.503. The average Bonchev–Trinajstić information content (AvgIpc) is 2.72. The standard InChI is InChI=1S/C16H23NOS/c1-10(2)17-8-14-13(9-18-5)15-11(3)6-7-12(4)16(15)19-14/h6-7,10,17H,8-9H2,1-5H3. The van der Waals surface area contributed by atoms with Gasteiger partial charge in [0, 0.05) is 40.2 Å². The van der Waals surface area contributed by atoms with Gasteiger partial charge in [-0.3, -0.25) is 0 Å². The van der Waals surface area contributed by atoms with E-state index in [1.54, 1.807) is 7.11 Å². The van der Waals surface area contributed by atoms with E-state index in [-0.39, 0.29) is 0 Å². The molecule has 0 saturated heterocycles. The quantitative estimate of drug-likeness (QED) is 0.886. The Labute approximate surface area is 119 Å². The summed E-state index contributed by atoms with van der Waals surface area (Å²) in [6, 6.07) is 4.93. The molecule has 1 aromatic heterocycles. The first kappa shape index (κ1) is 14.5. The third-order valence-corrected chi connectivity index (χ3v) is 4.75. The van der Waals surface area contributed by atoms with Gasteiger partial charge in [-0.15, -0.1) is 11.3 Å². The van der Waals surface area contributed by atoms with Gasteiger partial charge in [-0.05, 0) is 25.0 Å². The van der Waals surface area contributed by atoms with Crippen molar-refractivity contribution in [3.8, 4) is 0 Å².